The van der Waals surface area contributed by atoms with Gasteiger partial charge < -0.3 is 11.1 Å². The molecular weight excluding hydrogens is 296 g/mol. The van der Waals surface area contributed by atoms with Crippen LogP contribution in [-0.2, 0) is 0 Å². The first-order valence-corrected chi connectivity index (χ1v) is 7.12. The third kappa shape index (κ3) is 3.68. The van der Waals surface area contributed by atoms with Crippen molar-refractivity contribution in [2.75, 3.05) is 5.32 Å². The van der Waals surface area contributed by atoms with Gasteiger partial charge in [0.2, 0.25) is 0 Å². The third-order valence-corrected chi connectivity index (χ3v) is 3.93. The number of halogens is 1. The second-order valence-electron chi connectivity index (χ2n) is 4.78. The van der Waals surface area contributed by atoms with Gasteiger partial charge in [-0.1, -0.05) is 25.1 Å². The zero-order valence-corrected chi connectivity index (χ0v) is 12.3. The van der Waals surface area contributed by atoms with Crippen LogP contribution in [0.2, 0.25) is 0 Å². The van der Waals surface area contributed by atoms with E-state index in [1.54, 1.807) is 0 Å². The highest BCUT2D eigenvalue weighted by Crippen LogP contribution is 2.34. The third-order valence-electron chi connectivity index (χ3n) is 3.04. The molecule has 1 aromatic rings. The van der Waals surface area contributed by atoms with Crippen LogP contribution >= 0.6 is 28.1 Å². The van der Waals surface area contributed by atoms with Crippen LogP contribution < -0.4 is 11.1 Å². The minimum absolute atomic E-state index is 0.434. The highest BCUT2D eigenvalue weighted by molar-refractivity contribution is 9.10. The molecule has 1 aromatic carbocycles. The molecule has 0 heterocycles. The fourth-order valence-corrected chi connectivity index (χ4v) is 2.58. The average molecular weight is 313 g/mol. The molecule has 3 N–H and O–H groups in total. The molecule has 1 atom stereocenters. The van der Waals surface area contributed by atoms with E-state index >= 15 is 0 Å². The van der Waals surface area contributed by atoms with Gasteiger partial charge in [-0.2, -0.15) is 0 Å². The molecule has 0 radical (unpaired) electrons. The van der Waals surface area contributed by atoms with Gasteiger partial charge >= 0.3 is 0 Å². The normalized spacial score (nSPS) is 16.6. The number of hydrogen-bond donors (Lipinski definition) is 2. The standard InChI is InChI=1S/C13H17BrN2S/c1-8(6-9-2-3-9)16-12-5-4-10(13(15)17)7-11(12)14/h4-5,7-9,16H,2-3,6H2,1H3,(H2,15,17). The van der Waals surface area contributed by atoms with Crippen molar-refractivity contribution in [3.8, 4) is 0 Å². The lowest BCUT2D eigenvalue weighted by Gasteiger charge is -2.16. The predicted octanol–water partition coefficient (Wildman–Crippen LogP) is 3.68. The lowest BCUT2D eigenvalue weighted by atomic mass is 10.1. The fraction of sp³-hybridized carbons (Fsp3) is 0.462. The summed E-state index contributed by atoms with van der Waals surface area (Å²) in [5.74, 6) is 0.937. The van der Waals surface area contributed by atoms with E-state index in [-0.39, 0.29) is 0 Å². The Labute approximate surface area is 116 Å². The first-order chi connectivity index (χ1) is 8.06. The summed E-state index contributed by atoms with van der Waals surface area (Å²) in [5, 5.41) is 3.52. The Balaban J connectivity index is 2.02. The minimum Gasteiger partial charge on any atom is -0.389 e. The van der Waals surface area contributed by atoms with Crippen molar-refractivity contribution in [3.05, 3.63) is 28.2 Å². The Bertz CT molecular complexity index is 429. The summed E-state index contributed by atoms with van der Waals surface area (Å²) >= 11 is 8.50. The number of rotatable bonds is 5. The maximum atomic E-state index is 5.60. The largest absolute Gasteiger partial charge is 0.389 e. The Morgan fingerprint density at radius 1 is 1.59 bits per heavy atom. The Kier molecular flexibility index (Phi) is 4.05. The highest BCUT2D eigenvalue weighted by Gasteiger charge is 2.23. The summed E-state index contributed by atoms with van der Waals surface area (Å²) < 4.78 is 1.02. The zero-order valence-electron chi connectivity index (χ0n) is 9.87. The van der Waals surface area contributed by atoms with Crippen LogP contribution in [0, 0.1) is 5.92 Å². The van der Waals surface area contributed by atoms with Gasteiger partial charge in [-0.3, -0.25) is 0 Å². The van der Waals surface area contributed by atoms with Crippen molar-refractivity contribution < 1.29 is 0 Å². The summed E-state index contributed by atoms with van der Waals surface area (Å²) in [6.07, 6.45) is 4.05. The van der Waals surface area contributed by atoms with Crippen LogP contribution in [0.3, 0.4) is 0 Å². The molecule has 0 aromatic heterocycles. The molecule has 0 amide bonds. The van der Waals surface area contributed by atoms with Gasteiger partial charge in [0.1, 0.15) is 4.99 Å². The number of thiocarbonyl (C=S) groups is 1. The SMILES string of the molecule is CC(CC1CC1)Nc1ccc(C(N)=S)cc1Br. The van der Waals surface area contributed by atoms with Gasteiger partial charge in [0.15, 0.2) is 0 Å². The van der Waals surface area contributed by atoms with E-state index in [0.29, 0.717) is 11.0 Å². The molecular formula is C13H17BrN2S. The van der Waals surface area contributed by atoms with E-state index in [1.807, 2.05) is 18.2 Å². The molecule has 2 rings (SSSR count). The van der Waals surface area contributed by atoms with Crippen molar-refractivity contribution in [1.82, 2.24) is 0 Å². The molecule has 4 heteroatoms. The number of nitrogens with one attached hydrogen (secondary N) is 1. The Morgan fingerprint density at radius 3 is 2.82 bits per heavy atom. The maximum Gasteiger partial charge on any atom is 0.104 e. The first kappa shape index (κ1) is 12.8. The first-order valence-electron chi connectivity index (χ1n) is 5.92. The van der Waals surface area contributed by atoms with Gasteiger partial charge in [-0.15, -0.1) is 0 Å². The molecule has 1 unspecified atom stereocenters. The number of anilines is 1. The summed E-state index contributed by atoms with van der Waals surface area (Å²) in [6, 6.07) is 6.46. The topological polar surface area (TPSA) is 38.0 Å². The van der Waals surface area contributed by atoms with E-state index in [9.17, 15) is 0 Å². The lowest BCUT2D eigenvalue weighted by Crippen LogP contribution is -2.16. The van der Waals surface area contributed by atoms with E-state index in [4.69, 9.17) is 18.0 Å². The quantitative estimate of drug-likeness (QED) is 0.814. The monoisotopic (exact) mass is 312 g/mol. The molecule has 1 aliphatic carbocycles. The average Bonchev–Trinajstić information content (AvgIpc) is 3.04. The van der Waals surface area contributed by atoms with E-state index in [2.05, 4.69) is 28.2 Å². The van der Waals surface area contributed by atoms with Crippen molar-refractivity contribution >= 4 is 38.8 Å². The van der Waals surface area contributed by atoms with Crippen molar-refractivity contribution in [2.24, 2.45) is 11.7 Å². The van der Waals surface area contributed by atoms with Crippen LogP contribution in [0.25, 0.3) is 0 Å². The summed E-state index contributed by atoms with van der Waals surface area (Å²) in [6.45, 7) is 2.23. The van der Waals surface area contributed by atoms with Crippen molar-refractivity contribution in [3.63, 3.8) is 0 Å². The molecule has 1 aliphatic rings. The number of benzene rings is 1. The van der Waals surface area contributed by atoms with Gasteiger partial charge in [-0.25, -0.2) is 0 Å². The Morgan fingerprint density at radius 2 is 2.29 bits per heavy atom. The molecule has 0 aliphatic heterocycles. The summed E-state index contributed by atoms with van der Waals surface area (Å²) in [5.41, 5.74) is 7.60. The molecule has 1 saturated carbocycles. The molecule has 0 saturated heterocycles. The number of nitrogens with two attached hydrogens (primary N) is 1. The van der Waals surface area contributed by atoms with Crippen LogP contribution in [0.4, 0.5) is 5.69 Å². The summed E-state index contributed by atoms with van der Waals surface area (Å²) in [7, 11) is 0. The van der Waals surface area contributed by atoms with Crippen LogP contribution in [0.1, 0.15) is 31.7 Å². The van der Waals surface area contributed by atoms with Gasteiger partial charge in [0.05, 0.1) is 0 Å². The fourth-order valence-electron chi connectivity index (χ4n) is 1.96. The molecule has 2 nitrogen and oxygen atoms in total. The van der Waals surface area contributed by atoms with Crippen LogP contribution in [0.15, 0.2) is 22.7 Å². The van der Waals surface area contributed by atoms with Crippen LogP contribution in [-0.4, -0.2) is 11.0 Å². The maximum absolute atomic E-state index is 5.60. The van der Waals surface area contributed by atoms with E-state index in [0.717, 1.165) is 21.6 Å². The molecule has 1 fully saturated rings. The van der Waals surface area contributed by atoms with Gasteiger partial charge in [0.25, 0.3) is 0 Å². The highest BCUT2D eigenvalue weighted by atomic mass is 79.9. The van der Waals surface area contributed by atoms with Gasteiger partial charge in [0, 0.05) is 21.8 Å². The molecule has 92 valence electrons. The molecule has 17 heavy (non-hydrogen) atoms. The Hall–Kier alpha value is -0.610. The van der Waals surface area contributed by atoms with E-state index in [1.165, 1.54) is 19.3 Å². The van der Waals surface area contributed by atoms with Gasteiger partial charge in [-0.05, 0) is 53.4 Å². The van der Waals surface area contributed by atoms with E-state index < -0.39 is 0 Å². The number of hydrogen-bond acceptors (Lipinski definition) is 2. The summed E-state index contributed by atoms with van der Waals surface area (Å²) in [4.78, 5) is 0.434. The molecule has 0 spiro atoms. The zero-order chi connectivity index (χ0) is 12.4. The second-order valence-corrected chi connectivity index (χ2v) is 6.08. The van der Waals surface area contributed by atoms with Crippen LogP contribution in [0.5, 0.6) is 0 Å². The second kappa shape index (κ2) is 5.36. The molecule has 0 bridgehead atoms. The predicted molar refractivity (Wildman–Crippen MR) is 80.5 cm³/mol. The van der Waals surface area contributed by atoms with Crippen molar-refractivity contribution in [1.29, 1.82) is 0 Å². The van der Waals surface area contributed by atoms with Crippen molar-refractivity contribution in [2.45, 2.75) is 32.2 Å². The smallest absolute Gasteiger partial charge is 0.104 e. The lowest BCUT2D eigenvalue weighted by molar-refractivity contribution is 0.642. The minimum atomic E-state index is 0.434.